The van der Waals surface area contributed by atoms with Gasteiger partial charge in [0.1, 0.15) is 0 Å². The van der Waals surface area contributed by atoms with Gasteiger partial charge >= 0.3 is 0 Å². The molecule has 1 aromatic heterocycles. The number of carbonyl (C=O) groups is 2. The first-order valence-electron chi connectivity index (χ1n) is 8.48. The molecule has 0 radical (unpaired) electrons. The molecule has 0 aliphatic heterocycles. The molecule has 0 saturated heterocycles. The molecule has 0 aliphatic rings. The maximum atomic E-state index is 12.2. The van der Waals surface area contributed by atoms with Crippen LogP contribution in [0.4, 0.5) is 5.69 Å². The van der Waals surface area contributed by atoms with Crippen molar-refractivity contribution in [1.29, 1.82) is 0 Å². The highest BCUT2D eigenvalue weighted by Crippen LogP contribution is 2.30. The largest absolute Gasteiger partial charge is 0.490 e. The lowest BCUT2D eigenvalue weighted by molar-refractivity contribution is -0.132. The fraction of sp³-hybridized carbons (Fsp3) is 0.368. The maximum absolute atomic E-state index is 12.2. The summed E-state index contributed by atoms with van der Waals surface area (Å²) in [6, 6.07) is 7.14. The lowest BCUT2D eigenvalue weighted by Crippen LogP contribution is -2.35. The SMILES string of the molecule is CCOc1ccc(NC(=O)CN(C)C(=O)Cc2ccsc2)cc1OCC. The second-order valence-electron chi connectivity index (χ2n) is 5.63. The number of ether oxygens (including phenoxy) is 2. The van der Waals surface area contributed by atoms with Gasteiger partial charge in [0.15, 0.2) is 11.5 Å². The van der Waals surface area contributed by atoms with Crippen molar-refractivity contribution in [3.63, 3.8) is 0 Å². The van der Waals surface area contributed by atoms with Crippen LogP contribution in [0.1, 0.15) is 19.4 Å². The van der Waals surface area contributed by atoms with Crippen molar-refractivity contribution in [1.82, 2.24) is 4.90 Å². The molecule has 2 aromatic rings. The van der Waals surface area contributed by atoms with E-state index in [1.54, 1.807) is 36.6 Å². The Bertz CT molecular complexity index is 731. The van der Waals surface area contributed by atoms with E-state index in [0.717, 1.165) is 5.56 Å². The topological polar surface area (TPSA) is 67.9 Å². The maximum Gasteiger partial charge on any atom is 0.243 e. The molecule has 2 rings (SSSR count). The van der Waals surface area contributed by atoms with Gasteiger partial charge in [-0.15, -0.1) is 0 Å². The Balaban J connectivity index is 1.93. The van der Waals surface area contributed by atoms with Crippen LogP contribution in [-0.2, 0) is 16.0 Å². The van der Waals surface area contributed by atoms with Crippen molar-refractivity contribution in [2.75, 3.05) is 32.1 Å². The van der Waals surface area contributed by atoms with Crippen molar-refractivity contribution in [3.8, 4) is 11.5 Å². The van der Waals surface area contributed by atoms with E-state index < -0.39 is 0 Å². The first-order valence-corrected chi connectivity index (χ1v) is 9.42. The molecular weight excluding hydrogens is 352 g/mol. The Kier molecular flexibility index (Phi) is 7.47. The lowest BCUT2D eigenvalue weighted by Gasteiger charge is -2.17. The first kappa shape index (κ1) is 19.8. The van der Waals surface area contributed by atoms with Crippen molar-refractivity contribution in [2.24, 2.45) is 0 Å². The summed E-state index contributed by atoms with van der Waals surface area (Å²) in [5, 5.41) is 6.65. The summed E-state index contributed by atoms with van der Waals surface area (Å²) in [4.78, 5) is 25.8. The standard InChI is InChI=1S/C19H24N2O4S/c1-4-24-16-7-6-15(11-17(16)25-5-2)20-18(22)12-21(3)19(23)10-14-8-9-26-13-14/h6-9,11,13H,4-5,10,12H2,1-3H3,(H,20,22). The minimum absolute atomic E-state index is 0.0137. The van der Waals surface area contributed by atoms with Crippen LogP contribution in [0.15, 0.2) is 35.0 Å². The van der Waals surface area contributed by atoms with Gasteiger partial charge in [0.25, 0.3) is 0 Å². The average Bonchev–Trinajstić information content (AvgIpc) is 3.10. The number of thiophene rings is 1. The summed E-state index contributed by atoms with van der Waals surface area (Å²) >= 11 is 1.55. The number of anilines is 1. The fourth-order valence-corrected chi connectivity index (χ4v) is 3.00. The second-order valence-corrected chi connectivity index (χ2v) is 6.41. The number of likely N-dealkylation sites (N-methyl/N-ethyl adjacent to an activating group) is 1. The molecule has 0 fully saturated rings. The van der Waals surface area contributed by atoms with Crippen LogP contribution in [-0.4, -0.2) is 43.5 Å². The monoisotopic (exact) mass is 376 g/mol. The molecule has 1 heterocycles. The van der Waals surface area contributed by atoms with Crippen molar-refractivity contribution >= 4 is 28.8 Å². The molecule has 0 bridgehead atoms. The number of nitrogens with zero attached hydrogens (tertiary/aromatic N) is 1. The van der Waals surface area contributed by atoms with Crippen LogP contribution < -0.4 is 14.8 Å². The number of hydrogen-bond donors (Lipinski definition) is 1. The van der Waals surface area contributed by atoms with Crippen LogP contribution >= 0.6 is 11.3 Å². The highest BCUT2D eigenvalue weighted by atomic mass is 32.1. The van der Waals surface area contributed by atoms with E-state index in [1.165, 1.54) is 4.90 Å². The predicted octanol–water partition coefficient (Wildman–Crippen LogP) is 3.19. The summed E-state index contributed by atoms with van der Waals surface area (Å²) < 4.78 is 11.1. The second kappa shape index (κ2) is 9.82. The number of hydrogen-bond acceptors (Lipinski definition) is 5. The van der Waals surface area contributed by atoms with Crippen molar-refractivity contribution in [2.45, 2.75) is 20.3 Å². The normalized spacial score (nSPS) is 10.3. The third kappa shape index (κ3) is 5.77. The smallest absolute Gasteiger partial charge is 0.243 e. The molecule has 0 saturated carbocycles. The van der Waals surface area contributed by atoms with Crippen LogP contribution in [0.2, 0.25) is 0 Å². The van der Waals surface area contributed by atoms with Crippen LogP contribution in [0.5, 0.6) is 11.5 Å². The Hall–Kier alpha value is -2.54. The molecule has 1 aromatic carbocycles. The molecule has 6 nitrogen and oxygen atoms in total. The zero-order chi connectivity index (χ0) is 18.9. The van der Waals surface area contributed by atoms with Gasteiger partial charge in [0, 0.05) is 18.8 Å². The Labute approximate surface area is 157 Å². The zero-order valence-electron chi connectivity index (χ0n) is 15.3. The molecule has 0 aliphatic carbocycles. The van der Waals surface area contributed by atoms with Gasteiger partial charge in [-0.3, -0.25) is 9.59 Å². The van der Waals surface area contributed by atoms with Gasteiger partial charge in [-0.25, -0.2) is 0 Å². The third-order valence-electron chi connectivity index (χ3n) is 3.57. The van der Waals surface area contributed by atoms with Gasteiger partial charge in [0.05, 0.1) is 26.2 Å². The number of rotatable bonds is 9. The van der Waals surface area contributed by atoms with Gasteiger partial charge in [-0.05, 0) is 48.4 Å². The van der Waals surface area contributed by atoms with Crippen molar-refractivity contribution in [3.05, 3.63) is 40.6 Å². The van der Waals surface area contributed by atoms with E-state index in [0.29, 0.717) is 36.8 Å². The summed E-state index contributed by atoms with van der Waals surface area (Å²) in [5.41, 5.74) is 1.56. The molecule has 26 heavy (non-hydrogen) atoms. The van der Waals surface area contributed by atoms with E-state index >= 15 is 0 Å². The highest BCUT2D eigenvalue weighted by Gasteiger charge is 2.15. The number of carbonyl (C=O) groups excluding carboxylic acids is 2. The Morgan fingerprint density at radius 3 is 2.50 bits per heavy atom. The van der Waals surface area contributed by atoms with E-state index in [-0.39, 0.29) is 18.4 Å². The van der Waals surface area contributed by atoms with Gasteiger partial charge in [-0.1, -0.05) is 0 Å². The van der Waals surface area contributed by atoms with Crippen LogP contribution in [0.3, 0.4) is 0 Å². The molecule has 0 spiro atoms. The summed E-state index contributed by atoms with van der Waals surface area (Å²) in [7, 11) is 1.62. The molecule has 140 valence electrons. The van der Waals surface area contributed by atoms with Gasteiger partial charge in [-0.2, -0.15) is 11.3 Å². The first-order chi connectivity index (χ1) is 12.5. The number of amides is 2. The van der Waals surface area contributed by atoms with E-state index in [1.807, 2.05) is 30.7 Å². The van der Waals surface area contributed by atoms with E-state index in [9.17, 15) is 9.59 Å². The summed E-state index contributed by atoms with van der Waals surface area (Å²) in [5.74, 6) is 0.850. The zero-order valence-corrected chi connectivity index (χ0v) is 16.1. The quantitative estimate of drug-likeness (QED) is 0.730. The Morgan fingerprint density at radius 1 is 1.12 bits per heavy atom. The highest BCUT2D eigenvalue weighted by molar-refractivity contribution is 7.08. The summed E-state index contributed by atoms with van der Waals surface area (Å²) in [6.45, 7) is 4.80. The molecule has 7 heteroatoms. The predicted molar refractivity (Wildman–Crippen MR) is 103 cm³/mol. The fourth-order valence-electron chi connectivity index (χ4n) is 2.34. The summed E-state index contributed by atoms with van der Waals surface area (Å²) in [6.07, 6.45) is 0.296. The molecule has 1 N–H and O–H groups in total. The molecule has 0 unspecified atom stereocenters. The number of nitrogens with one attached hydrogen (secondary N) is 1. The third-order valence-corrected chi connectivity index (χ3v) is 4.30. The van der Waals surface area contributed by atoms with Gasteiger partial charge < -0.3 is 19.7 Å². The minimum atomic E-state index is -0.266. The minimum Gasteiger partial charge on any atom is -0.490 e. The van der Waals surface area contributed by atoms with Crippen LogP contribution in [0.25, 0.3) is 0 Å². The molecule has 2 amide bonds. The van der Waals surface area contributed by atoms with E-state index in [4.69, 9.17) is 9.47 Å². The van der Waals surface area contributed by atoms with Crippen molar-refractivity contribution < 1.29 is 19.1 Å². The number of benzene rings is 1. The van der Waals surface area contributed by atoms with Gasteiger partial charge in [0.2, 0.25) is 11.8 Å². The van der Waals surface area contributed by atoms with Crippen LogP contribution in [0, 0.1) is 0 Å². The van der Waals surface area contributed by atoms with E-state index in [2.05, 4.69) is 5.32 Å². The lowest BCUT2D eigenvalue weighted by atomic mass is 10.2. The Morgan fingerprint density at radius 2 is 1.85 bits per heavy atom. The molecular formula is C19H24N2O4S. The average molecular weight is 376 g/mol. The molecule has 0 atom stereocenters.